The predicted octanol–water partition coefficient (Wildman–Crippen LogP) is 4.14. The minimum atomic E-state index is -0.318. The molecule has 3 aromatic rings. The van der Waals surface area contributed by atoms with E-state index >= 15 is 0 Å². The lowest BCUT2D eigenvalue weighted by atomic mass is 10.1. The lowest BCUT2D eigenvalue weighted by molar-refractivity contribution is -0.128. The highest BCUT2D eigenvalue weighted by Crippen LogP contribution is 2.26. The van der Waals surface area contributed by atoms with Gasteiger partial charge in [0.25, 0.3) is 0 Å². The lowest BCUT2D eigenvalue weighted by Crippen LogP contribution is -2.28. The maximum absolute atomic E-state index is 12.8. The number of aryl methyl sites for hydroxylation is 1. The molecule has 4 nitrogen and oxygen atoms in total. The molecule has 2 amide bonds. The van der Waals surface area contributed by atoms with Crippen molar-refractivity contribution in [2.75, 3.05) is 11.9 Å². The number of likely N-dealkylation sites (tertiary alicyclic amines) is 1. The molecule has 0 radical (unpaired) electrons. The molecule has 1 atom stereocenters. The highest BCUT2D eigenvalue weighted by atomic mass is 16.2. The molecule has 1 fully saturated rings. The Bertz CT molecular complexity index is 989. The van der Waals surface area contributed by atoms with Gasteiger partial charge in [0.1, 0.15) is 0 Å². The van der Waals surface area contributed by atoms with Crippen LogP contribution in [0.15, 0.2) is 66.7 Å². The Labute approximate surface area is 158 Å². The van der Waals surface area contributed by atoms with Crippen LogP contribution in [0.3, 0.4) is 0 Å². The zero-order valence-corrected chi connectivity index (χ0v) is 15.3. The number of carbonyl (C=O) groups is 2. The first-order valence-electron chi connectivity index (χ1n) is 9.22. The molecule has 136 valence electrons. The monoisotopic (exact) mass is 358 g/mol. The number of hydrogen-bond donors (Lipinski definition) is 1. The number of carbonyl (C=O) groups excluding carboxylic acids is 2. The Morgan fingerprint density at radius 3 is 2.59 bits per heavy atom. The van der Waals surface area contributed by atoms with Crippen molar-refractivity contribution in [2.24, 2.45) is 5.92 Å². The SMILES string of the molecule is Cc1ccc(CN2C[C@@H](C(=O)Nc3cccc4ccccc34)CC2=O)cc1. The van der Waals surface area contributed by atoms with E-state index in [1.807, 2.05) is 73.7 Å². The third-order valence-electron chi connectivity index (χ3n) is 5.13. The number of fused-ring (bicyclic) bond motifs is 1. The fourth-order valence-corrected chi connectivity index (χ4v) is 3.58. The van der Waals surface area contributed by atoms with Gasteiger partial charge in [0.15, 0.2) is 0 Å². The molecule has 0 bridgehead atoms. The largest absolute Gasteiger partial charge is 0.338 e. The molecular weight excluding hydrogens is 336 g/mol. The third kappa shape index (κ3) is 3.70. The minimum absolute atomic E-state index is 0.0358. The van der Waals surface area contributed by atoms with Crippen LogP contribution in [0.25, 0.3) is 10.8 Å². The zero-order valence-electron chi connectivity index (χ0n) is 15.3. The normalized spacial score (nSPS) is 16.7. The van der Waals surface area contributed by atoms with Crippen molar-refractivity contribution < 1.29 is 9.59 Å². The molecule has 1 aliphatic heterocycles. The van der Waals surface area contributed by atoms with E-state index in [0.29, 0.717) is 13.1 Å². The molecule has 4 rings (SSSR count). The first-order valence-corrected chi connectivity index (χ1v) is 9.22. The molecule has 0 aromatic heterocycles. The smallest absolute Gasteiger partial charge is 0.229 e. The van der Waals surface area contributed by atoms with Gasteiger partial charge in [-0.05, 0) is 23.9 Å². The van der Waals surface area contributed by atoms with E-state index in [1.54, 1.807) is 4.90 Å². The zero-order chi connectivity index (χ0) is 18.8. The quantitative estimate of drug-likeness (QED) is 0.762. The number of hydrogen-bond acceptors (Lipinski definition) is 2. The summed E-state index contributed by atoms with van der Waals surface area (Å²) in [5, 5.41) is 5.11. The maximum Gasteiger partial charge on any atom is 0.229 e. The molecule has 1 aliphatic rings. The summed E-state index contributed by atoms with van der Waals surface area (Å²) < 4.78 is 0. The lowest BCUT2D eigenvalue weighted by Gasteiger charge is -2.17. The molecule has 4 heteroatoms. The van der Waals surface area contributed by atoms with E-state index in [1.165, 1.54) is 5.56 Å². The van der Waals surface area contributed by atoms with Crippen molar-refractivity contribution in [2.45, 2.75) is 19.9 Å². The molecule has 3 aromatic carbocycles. The van der Waals surface area contributed by atoms with Crippen LogP contribution in [0.5, 0.6) is 0 Å². The van der Waals surface area contributed by atoms with Gasteiger partial charge in [-0.1, -0.05) is 66.2 Å². The van der Waals surface area contributed by atoms with Gasteiger partial charge in [-0.3, -0.25) is 9.59 Å². The fraction of sp³-hybridized carbons (Fsp3) is 0.217. The number of anilines is 1. The van der Waals surface area contributed by atoms with Crippen molar-refractivity contribution in [3.8, 4) is 0 Å². The molecule has 0 aliphatic carbocycles. The number of nitrogens with one attached hydrogen (secondary N) is 1. The van der Waals surface area contributed by atoms with Crippen LogP contribution in [0.4, 0.5) is 5.69 Å². The second kappa shape index (κ2) is 7.23. The van der Waals surface area contributed by atoms with Gasteiger partial charge in [0, 0.05) is 30.6 Å². The van der Waals surface area contributed by atoms with Gasteiger partial charge in [0.2, 0.25) is 11.8 Å². The summed E-state index contributed by atoms with van der Waals surface area (Å²) in [6.07, 6.45) is 0.266. The minimum Gasteiger partial charge on any atom is -0.338 e. The van der Waals surface area contributed by atoms with Gasteiger partial charge >= 0.3 is 0 Å². The summed E-state index contributed by atoms with van der Waals surface area (Å²) in [6.45, 7) is 3.05. The van der Waals surface area contributed by atoms with Crippen molar-refractivity contribution in [3.63, 3.8) is 0 Å². The molecule has 0 spiro atoms. The van der Waals surface area contributed by atoms with Crippen LogP contribution in [-0.2, 0) is 16.1 Å². The van der Waals surface area contributed by atoms with Gasteiger partial charge in [-0.15, -0.1) is 0 Å². The molecule has 1 saturated heterocycles. The van der Waals surface area contributed by atoms with E-state index in [2.05, 4.69) is 5.32 Å². The van der Waals surface area contributed by atoms with E-state index in [4.69, 9.17) is 0 Å². The van der Waals surface area contributed by atoms with E-state index in [0.717, 1.165) is 22.0 Å². The Morgan fingerprint density at radius 1 is 1.04 bits per heavy atom. The summed E-state index contributed by atoms with van der Waals surface area (Å²) in [6, 6.07) is 22.0. The number of nitrogens with zero attached hydrogens (tertiary/aromatic N) is 1. The highest BCUT2D eigenvalue weighted by molar-refractivity contribution is 6.04. The van der Waals surface area contributed by atoms with Gasteiger partial charge in [-0.2, -0.15) is 0 Å². The summed E-state index contributed by atoms with van der Waals surface area (Å²) in [4.78, 5) is 26.9. The van der Waals surface area contributed by atoms with Crippen LogP contribution in [0.1, 0.15) is 17.5 Å². The van der Waals surface area contributed by atoms with E-state index < -0.39 is 0 Å². The van der Waals surface area contributed by atoms with Crippen LogP contribution < -0.4 is 5.32 Å². The van der Waals surface area contributed by atoms with Crippen LogP contribution in [0, 0.1) is 12.8 Å². The Hall–Kier alpha value is -3.14. The first kappa shape index (κ1) is 17.3. The fourth-order valence-electron chi connectivity index (χ4n) is 3.58. The van der Waals surface area contributed by atoms with Crippen molar-refractivity contribution in [3.05, 3.63) is 77.9 Å². The average Bonchev–Trinajstić information content (AvgIpc) is 3.04. The molecule has 0 saturated carbocycles. The first-order chi connectivity index (χ1) is 13.1. The van der Waals surface area contributed by atoms with Crippen LogP contribution in [-0.4, -0.2) is 23.3 Å². The summed E-state index contributed by atoms with van der Waals surface area (Å²) in [5.41, 5.74) is 3.07. The standard InChI is InChI=1S/C23H22N2O2/c1-16-9-11-17(12-10-16)14-25-15-19(13-22(25)26)23(27)24-21-8-4-6-18-5-2-3-7-20(18)21/h2-12,19H,13-15H2,1H3,(H,24,27)/t19-/m0/s1. The van der Waals surface area contributed by atoms with Crippen molar-refractivity contribution in [1.82, 2.24) is 4.90 Å². The van der Waals surface area contributed by atoms with Crippen molar-refractivity contribution >= 4 is 28.3 Å². The molecule has 1 N–H and O–H groups in total. The third-order valence-corrected chi connectivity index (χ3v) is 5.13. The van der Waals surface area contributed by atoms with Crippen molar-refractivity contribution in [1.29, 1.82) is 0 Å². The second-order valence-electron chi connectivity index (χ2n) is 7.18. The molecule has 27 heavy (non-hydrogen) atoms. The van der Waals surface area contributed by atoms with Gasteiger partial charge in [0.05, 0.1) is 5.92 Å². The summed E-state index contributed by atoms with van der Waals surface area (Å²) in [7, 11) is 0. The topological polar surface area (TPSA) is 49.4 Å². The van der Waals surface area contributed by atoms with E-state index in [-0.39, 0.29) is 24.2 Å². The second-order valence-corrected chi connectivity index (χ2v) is 7.18. The Balaban J connectivity index is 1.45. The van der Waals surface area contributed by atoms with Gasteiger partial charge in [-0.25, -0.2) is 0 Å². The molecular formula is C23H22N2O2. The van der Waals surface area contributed by atoms with Crippen LogP contribution in [0.2, 0.25) is 0 Å². The Morgan fingerprint density at radius 2 is 1.78 bits per heavy atom. The van der Waals surface area contributed by atoms with E-state index in [9.17, 15) is 9.59 Å². The molecule has 0 unspecified atom stereocenters. The predicted molar refractivity (Wildman–Crippen MR) is 107 cm³/mol. The van der Waals surface area contributed by atoms with Gasteiger partial charge < -0.3 is 10.2 Å². The number of benzene rings is 3. The summed E-state index contributed by atoms with van der Waals surface area (Å²) in [5.74, 6) is -0.373. The summed E-state index contributed by atoms with van der Waals surface area (Å²) >= 11 is 0. The number of rotatable bonds is 4. The maximum atomic E-state index is 12.8. The molecule has 1 heterocycles. The number of amides is 2. The Kier molecular flexibility index (Phi) is 4.63. The highest BCUT2D eigenvalue weighted by Gasteiger charge is 2.34. The van der Waals surface area contributed by atoms with Crippen LogP contribution >= 0.6 is 0 Å². The average molecular weight is 358 g/mol.